The summed E-state index contributed by atoms with van der Waals surface area (Å²) < 4.78 is 5.29. The van der Waals surface area contributed by atoms with Crippen molar-refractivity contribution in [3.63, 3.8) is 0 Å². The summed E-state index contributed by atoms with van der Waals surface area (Å²) >= 11 is 0. The van der Waals surface area contributed by atoms with Crippen LogP contribution in [0.5, 0.6) is 5.75 Å². The molecule has 7 heteroatoms. The smallest absolute Gasteiger partial charge is 0.335 e. The van der Waals surface area contributed by atoms with E-state index in [0.717, 1.165) is 0 Å². The highest BCUT2D eigenvalue weighted by atomic mass is 16.5. The fraction of sp³-hybridized carbons (Fsp3) is 0.200. The topological polar surface area (TPSA) is 101 Å². The summed E-state index contributed by atoms with van der Waals surface area (Å²) in [4.78, 5) is 11.0. The number of aromatic nitrogens is 4. The summed E-state index contributed by atoms with van der Waals surface area (Å²) in [6.07, 6.45) is 0. The molecule has 0 saturated heterocycles. The lowest BCUT2D eigenvalue weighted by molar-refractivity contribution is 0.0696. The van der Waals surface area contributed by atoms with Crippen LogP contribution in [0.25, 0.3) is 11.4 Å². The number of aromatic carboxylic acids is 1. The molecule has 1 aromatic heterocycles. The summed E-state index contributed by atoms with van der Waals surface area (Å²) in [5.41, 5.74) is 0.665. The molecule has 0 radical (unpaired) electrons. The molecule has 0 spiro atoms. The summed E-state index contributed by atoms with van der Waals surface area (Å²) in [6.45, 7) is 2.27. The second-order valence-electron chi connectivity index (χ2n) is 3.22. The monoisotopic (exact) mass is 234 g/mol. The molecule has 88 valence electrons. The van der Waals surface area contributed by atoms with E-state index in [4.69, 9.17) is 9.84 Å². The zero-order chi connectivity index (χ0) is 12.3. The van der Waals surface area contributed by atoms with Crippen molar-refractivity contribution < 1.29 is 14.6 Å². The number of nitrogens with zero attached hydrogens (tertiary/aromatic N) is 3. The Hall–Kier alpha value is -2.44. The molecular formula is C10H10N4O3. The Bertz CT molecular complexity index is 524. The number of aromatic amines is 1. The first-order chi connectivity index (χ1) is 8.20. The van der Waals surface area contributed by atoms with Gasteiger partial charge in [0.25, 0.3) is 0 Å². The average molecular weight is 234 g/mol. The second-order valence-corrected chi connectivity index (χ2v) is 3.22. The molecule has 0 unspecified atom stereocenters. The first-order valence-electron chi connectivity index (χ1n) is 4.95. The molecule has 0 aliphatic carbocycles. The lowest BCUT2D eigenvalue weighted by Gasteiger charge is -2.06. The molecule has 2 N–H and O–H groups in total. The summed E-state index contributed by atoms with van der Waals surface area (Å²) in [7, 11) is 0. The minimum atomic E-state index is -1.03. The van der Waals surface area contributed by atoms with Gasteiger partial charge in [-0.3, -0.25) is 0 Å². The van der Waals surface area contributed by atoms with E-state index in [-0.39, 0.29) is 5.56 Å². The van der Waals surface area contributed by atoms with Crippen molar-refractivity contribution in [2.24, 2.45) is 0 Å². The molecule has 1 heterocycles. The number of nitrogens with one attached hydrogen (secondary N) is 1. The minimum absolute atomic E-state index is 0.121. The third kappa shape index (κ3) is 2.39. The SMILES string of the molecule is CCOc1cc(C(=O)O)cc(-c2nn[nH]n2)c1. The number of tetrazole rings is 1. The number of carboxylic acids is 1. The molecule has 2 rings (SSSR count). The Balaban J connectivity index is 2.48. The molecule has 0 saturated carbocycles. The van der Waals surface area contributed by atoms with Crippen LogP contribution in [0.1, 0.15) is 17.3 Å². The summed E-state index contributed by atoms with van der Waals surface area (Å²) in [5.74, 6) is -0.238. The lowest BCUT2D eigenvalue weighted by Crippen LogP contribution is -2.00. The molecule has 0 aliphatic heterocycles. The molecule has 0 amide bonds. The van der Waals surface area contributed by atoms with Gasteiger partial charge in [-0.1, -0.05) is 0 Å². The summed E-state index contributed by atoms with van der Waals surface area (Å²) in [6, 6.07) is 4.59. The van der Waals surface area contributed by atoms with Gasteiger partial charge < -0.3 is 9.84 Å². The number of carbonyl (C=O) groups is 1. The van der Waals surface area contributed by atoms with Crippen molar-refractivity contribution in [2.45, 2.75) is 6.92 Å². The van der Waals surface area contributed by atoms with E-state index in [1.54, 1.807) is 6.07 Å². The van der Waals surface area contributed by atoms with E-state index in [1.165, 1.54) is 12.1 Å². The minimum Gasteiger partial charge on any atom is -0.494 e. The van der Waals surface area contributed by atoms with E-state index in [1.807, 2.05) is 6.92 Å². The van der Waals surface area contributed by atoms with Gasteiger partial charge in [0.15, 0.2) is 0 Å². The molecule has 1 aromatic carbocycles. The van der Waals surface area contributed by atoms with E-state index >= 15 is 0 Å². The van der Waals surface area contributed by atoms with Crippen molar-refractivity contribution in [3.8, 4) is 17.1 Å². The molecule has 7 nitrogen and oxygen atoms in total. The van der Waals surface area contributed by atoms with Gasteiger partial charge in [-0.05, 0) is 30.3 Å². The number of hydrogen-bond acceptors (Lipinski definition) is 5. The van der Waals surface area contributed by atoms with Crippen LogP contribution < -0.4 is 4.74 Å². The fourth-order valence-electron chi connectivity index (χ4n) is 1.39. The Morgan fingerprint density at radius 2 is 2.29 bits per heavy atom. The van der Waals surface area contributed by atoms with Crippen LogP contribution in [0, 0.1) is 0 Å². The van der Waals surface area contributed by atoms with Gasteiger partial charge in [0.2, 0.25) is 5.82 Å². The molecule has 0 aliphatic rings. The van der Waals surface area contributed by atoms with Gasteiger partial charge in [-0.2, -0.15) is 5.21 Å². The fourth-order valence-corrected chi connectivity index (χ4v) is 1.39. The number of H-pyrrole nitrogens is 1. The van der Waals surface area contributed by atoms with Gasteiger partial charge in [-0.15, -0.1) is 10.2 Å². The quantitative estimate of drug-likeness (QED) is 0.817. The molecule has 17 heavy (non-hydrogen) atoms. The van der Waals surface area contributed by atoms with Crippen LogP contribution in [0.4, 0.5) is 0 Å². The van der Waals surface area contributed by atoms with Gasteiger partial charge >= 0.3 is 5.97 Å². The van der Waals surface area contributed by atoms with Crippen LogP contribution in [0.3, 0.4) is 0 Å². The van der Waals surface area contributed by atoms with E-state index in [9.17, 15) is 4.79 Å². The van der Waals surface area contributed by atoms with Crippen molar-refractivity contribution in [2.75, 3.05) is 6.61 Å². The maximum Gasteiger partial charge on any atom is 0.335 e. The van der Waals surface area contributed by atoms with E-state index in [0.29, 0.717) is 23.7 Å². The predicted octanol–water partition coefficient (Wildman–Crippen LogP) is 0.964. The highest BCUT2D eigenvalue weighted by Crippen LogP contribution is 2.23. The van der Waals surface area contributed by atoms with E-state index < -0.39 is 5.97 Å². The molecule has 0 fully saturated rings. The van der Waals surface area contributed by atoms with Crippen molar-refractivity contribution in [1.29, 1.82) is 0 Å². The van der Waals surface area contributed by atoms with Crippen LogP contribution in [-0.4, -0.2) is 38.3 Å². The van der Waals surface area contributed by atoms with Gasteiger partial charge in [0, 0.05) is 5.56 Å². The molecule has 0 atom stereocenters. The maximum atomic E-state index is 11.0. The number of benzene rings is 1. The normalized spacial score (nSPS) is 10.2. The van der Waals surface area contributed by atoms with Gasteiger partial charge in [-0.25, -0.2) is 4.79 Å². The van der Waals surface area contributed by atoms with Crippen molar-refractivity contribution in [3.05, 3.63) is 23.8 Å². The number of ether oxygens (including phenoxy) is 1. The van der Waals surface area contributed by atoms with Crippen molar-refractivity contribution in [1.82, 2.24) is 20.6 Å². The number of hydrogen-bond donors (Lipinski definition) is 2. The Labute approximate surface area is 96.4 Å². The zero-order valence-electron chi connectivity index (χ0n) is 9.04. The maximum absolute atomic E-state index is 11.0. The first-order valence-corrected chi connectivity index (χ1v) is 4.95. The predicted molar refractivity (Wildman–Crippen MR) is 57.7 cm³/mol. The average Bonchev–Trinajstić information content (AvgIpc) is 2.82. The van der Waals surface area contributed by atoms with Gasteiger partial charge in [0.05, 0.1) is 12.2 Å². The third-order valence-electron chi connectivity index (χ3n) is 2.07. The Morgan fingerprint density at radius 1 is 1.47 bits per heavy atom. The number of rotatable bonds is 4. The molecule has 2 aromatic rings. The third-order valence-corrected chi connectivity index (χ3v) is 2.07. The second kappa shape index (κ2) is 4.60. The van der Waals surface area contributed by atoms with E-state index in [2.05, 4.69) is 20.6 Å². The Morgan fingerprint density at radius 3 is 2.88 bits per heavy atom. The zero-order valence-corrected chi connectivity index (χ0v) is 9.04. The standard InChI is InChI=1S/C10H10N4O3/c1-2-17-8-4-6(9-11-13-14-12-9)3-7(5-8)10(15)16/h3-5H,2H2,1H3,(H,15,16)(H,11,12,13,14). The summed E-state index contributed by atoms with van der Waals surface area (Å²) in [5, 5.41) is 22.3. The van der Waals surface area contributed by atoms with Crippen molar-refractivity contribution >= 4 is 5.97 Å². The lowest BCUT2D eigenvalue weighted by atomic mass is 10.1. The highest BCUT2D eigenvalue weighted by molar-refractivity contribution is 5.89. The first kappa shape index (κ1) is 11.1. The highest BCUT2D eigenvalue weighted by Gasteiger charge is 2.11. The van der Waals surface area contributed by atoms with Crippen LogP contribution in [0.15, 0.2) is 18.2 Å². The van der Waals surface area contributed by atoms with Crippen LogP contribution >= 0.6 is 0 Å². The van der Waals surface area contributed by atoms with Crippen LogP contribution in [-0.2, 0) is 0 Å². The molecule has 0 bridgehead atoms. The van der Waals surface area contributed by atoms with Crippen LogP contribution in [0.2, 0.25) is 0 Å². The largest absolute Gasteiger partial charge is 0.494 e. The van der Waals surface area contributed by atoms with Gasteiger partial charge in [0.1, 0.15) is 5.75 Å². The molecular weight excluding hydrogens is 224 g/mol. The number of carboxylic acid groups (broad SMARTS) is 1. The Kier molecular flexibility index (Phi) is 2.99.